The van der Waals surface area contributed by atoms with Crippen LogP contribution < -0.4 is 5.32 Å². The lowest BCUT2D eigenvalue weighted by molar-refractivity contribution is -0.136. The molecule has 6 nitrogen and oxygen atoms in total. The van der Waals surface area contributed by atoms with Gasteiger partial charge in [0.2, 0.25) is 5.91 Å². The number of rotatable bonds is 7. The maximum absolute atomic E-state index is 11.4. The lowest BCUT2D eigenvalue weighted by atomic mass is 9.87. The number of likely N-dealkylation sites (N-methyl/N-ethyl adjacent to an activating group) is 1. The molecule has 0 rings (SSSR count). The van der Waals surface area contributed by atoms with E-state index >= 15 is 0 Å². The second-order valence-corrected chi connectivity index (χ2v) is 5.08. The van der Waals surface area contributed by atoms with Crippen LogP contribution in [0.1, 0.15) is 62.3 Å². The van der Waals surface area contributed by atoms with Crippen LogP contribution in [0.15, 0.2) is 0 Å². The first-order chi connectivity index (χ1) is 10.3. The van der Waals surface area contributed by atoms with E-state index in [9.17, 15) is 9.90 Å². The van der Waals surface area contributed by atoms with Crippen LogP contribution in [0.25, 0.3) is 0 Å². The van der Waals surface area contributed by atoms with Gasteiger partial charge in [0, 0.05) is 19.1 Å². The fourth-order valence-electron chi connectivity index (χ4n) is 0.979. The van der Waals surface area contributed by atoms with Gasteiger partial charge in [-0.25, -0.2) is 0 Å². The normalized spacial score (nSPS) is 12.2. The first-order valence-electron chi connectivity index (χ1n) is 7.97. The lowest BCUT2D eigenvalue weighted by Gasteiger charge is -2.29. The summed E-state index contributed by atoms with van der Waals surface area (Å²) in [6.45, 7) is 17.6. The molecular formula is C15H38NO5P. The van der Waals surface area contributed by atoms with E-state index in [1.54, 1.807) is 20.8 Å². The van der Waals surface area contributed by atoms with Gasteiger partial charge in [-0.1, -0.05) is 55.4 Å². The molecule has 0 aromatic rings. The Kier molecular flexibility index (Phi) is 28.0. The Labute approximate surface area is 138 Å². The molecule has 22 heavy (non-hydrogen) atoms. The molecule has 0 fully saturated rings. The summed E-state index contributed by atoms with van der Waals surface area (Å²) in [6, 6.07) is 0. The molecule has 0 aromatic heterocycles. The third-order valence-corrected chi connectivity index (χ3v) is 2.71. The fraction of sp³-hybridized carbons (Fsp3) is 0.933. The van der Waals surface area contributed by atoms with Crippen molar-refractivity contribution in [2.45, 2.75) is 68.4 Å². The molecule has 0 saturated heterocycles. The zero-order valence-electron chi connectivity index (χ0n) is 16.1. The van der Waals surface area contributed by atoms with Gasteiger partial charge < -0.3 is 24.4 Å². The second kappa shape index (κ2) is 20.7. The molecule has 0 saturated carbocycles. The van der Waals surface area contributed by atoms with Crippen molar-refractivity contribution in [3.63, 3.8) is 0 Å². The van der Waals surface area contributed by atoms with Crippen molar-refractivity contribution in [2.75, 3.05) is 20.3 Å². The molecule has 0 bridgehead atoms. The highest BCUT2D eigenvalue weighted by atomic mass is 31.2. The molecule has 0 aliphatic rings. The van der Waals surface area contributed by atoms with Crippen LogP contribution in [-0.4, -0.2) is 42.3 Å². The molecule has 138 valence electrons. The van der Waals surface area contributed by atoms with Gasteiger partial charge in [-0.2, -0.15) is 0 Å². The van der Waals surface area contributed by atoms with Gasteiger partial charge in [-0.15, -0.1) is 0 Å². The maximum atomic E-state index is 11.4. The monoisotopic (exact) mass is 343 g/mol. The number of hydrogen-bond donors (Lipinski definition) is 3. The van der Waals surface area contributed by atoms with E-state index in [1.807, 2.05) is 41.5 Å². The van der Waals surface area contributed by atoms with Crippen LogP contribution >= 0.6 is 8.60 Å². The molecule has 0 radical (unpaired) electrons. The molecule has 0 heterocycles. The standard InChI is InChI=1S/C9H20NO5P.3C2H6/c1-5-10-8(12)7(11)9(2,3)6-15-16(13)14-4;3*1-2/h7,11,13H,5-6H2,1-4H3,(H,10,12);3*1-2H3. The van der Waals surface area contributed by atoms with Crippen LogP contribution in [0.2, 0.25) is 0 Å². The number of aliphatic hydroxyl groups excluding tert-OH is 1. The SMILES string of the molecule is CC.CC.CC.CCNC(=O)C(O)C(C)(C)COP(O)OC. The van der Waals surface area contributed by atoms with Gasteiger partial charge in [0.05, 0.1) is 6.61 Å². The van der Waals surface area contributed by atoms with Crippen molar-refractivity contribution < 1.29 is 23.8 Å². The highest BCUT2D eigenvalue weighted by molar-refractivity contribution is 7.40. The zero-order valence-corrected chi connectivity index (χ0v) is 17.0. The van der Waals surface area contributed by atoms with Gasteiger partial charge in [0.25, 0.3) is 0 Å². The molecule has 1 amide bonds. The number of carbonyl (C=O) groups excluding carboxylic acids is 1. The van der Waals surface area contributed by atoms with E-state index in [1.165, 1.54) is 7.11 Å². The molecule has 3 N–H and O–H groups in total. The molecule has 0 aliphatic heterocycles. The van der Waals surface area contributed by atoms with Gasteiger partial charge in [-0.3, -0.25) is 4.79 Å². The third kappa shape index (κ3) is 16.1. The average Bonchev–Trinajstić information content (AvgIpc) is 2.57. The van der Waals surface area contributed by atoms with Crippen molar-refractivity contribution in [1.82, 2.24) is 5.32 Å². The van der Waals surface area contributed by atoms with Crippen molar-refractivity contribution in [2.24, 2.45) is 5.41 Å². The molecular weight excluding hydrogens is 305 g/mol. The minimum Gasteiger partial charge on any atom is -0.383 e. The molecule has 0 spiro atoms. The van der Waals surface area contributed by atoms with Gasteiger partial charge in [-0.05, 0) is 6.92 Å². The lowest BCUT2D eigenvalue weighted by Crippen LogP contribution is -2.45. The Balaban J connectivity index is -0.000000238. The Hall–Kier alpha value is -0.260. The minimum atomic E-state index is -1.94. The summed E-state index contributed by atoms with van der Waals surface area (Å²) in [5.74, 6) is -0.448. The summed E-state index contributed by atoms with van der Waals surface area (Å²) in [4.78, 5) is 20.5. The summed E-state index contributed by atoms with van der Waals surface area (Å²) in [6.07, 6.45) is -1.19. The Bertz CT molecular complexity index is 228. The molecule has 7 heteroatoms. The maximum Gasteiger partial charge on any atom is 0.329 e. The second-order valence-electron chi connectivity index (χ2n) is 3.98. The number of nitrogens with one attached hydrogen (secondary N) is 1. The molecule has 0 aromatic carbocycles. The molecule has 0 aliphatic carbocycles. The van der Waals surface area contributed by atoms with Crippen LogP contribution in [-0.2, 0) is 13.8 Å². The van der Waals surface area contributed by atoms with E-state index < -0.39 is 26.0 Å². The molecule has 2 unspecified atom stereocenters. The van der Waals surface area contributed by atoms with E-state index in [0.717, 1.165) is 0 Å². The molecule has 2 atom stereocenters. The summed E-state index contributed by atoms with van der Waals surface area (Å²) in [5.41, 5.74) is -0.791. The smallest absolute Gasteiger partial charge is 0.329 e. The predicted octanol–water partition coefficient (Wildman–Crippen LogP) is 3.47. The summed E-state index contributed by atoms with van der Waals surface area (Å²) in [7, 11) is -0.619. The summed E-state index contributed by atoms with van der Waals surface area (Å²) < 4.78 is 9.51. The van der Waals surface area contributed by atoms with E-state index in [2.05, 4.69) is 9.84 Å². The number of aliphatic hydroxyl groups is 1. The van der Waals surface area contributed by atoms with Crippen LogP contribution in [0, 0.1) is 5.41 Å². The quantitative estimate of drug-likeness (QED) is 0.616. The highest BCUT2D eigenvalue weighted by Gasteiger charge is 2.34. The summed E-state index contributed by atoms with van der Waals surface area (Å²) >= 11 is 0. The van der Waals surface area contributed by atoms with E-state index in [0.29, 0.717) is 6.54 Å². The first-order valence-corrected chi connectivity index (χ1v) is 9.10. The van der Waals surface area contributed by atoms with Crippen molar-refractivity contribution in [3.8, 4) is 0 Å². The highest BCUT2D eigenvalue weighted by Crippen LogP contribution is 2.35. The minimum absolute atomic E-state index is 0.0291. The Morgan fingerprint density at radius 2 is 1.59 bits per heavy atom. The van der Waals surface area contributed by atoms with Gasteiger partial charge >= 0.3 is 8.60 Å². The number of amides is 1. The third-order valence-electron chi connectivity index (χ3n) is 2.04. The Morgan fingerprint density at radius 3 is 1.91 bits per heavy atom. The number of hydrogen-bond acceptors (Lipinski definition) is 5. The van der Waals surface area contributed by atoms with Gasteiger partial charge in [0.15, 0.2) is 0 Å². The first kappa shape index (κ1) is 29.7. The van der Waals surface area contributed by atoms with Crippen LogP contribution in [0.4, 0.5) is 0 Å². The average molecular weight is 343 g/mol. The fourth-order valence-corrected chi connectivity index (χ4v) is 1.53. The zero-order chi connectivity index (χ0) is 18.8. The topological polar surface area (TPSA) is 88.0 Å². The van der Waals surface area contributed by atoms with Crippen molar-refractivity contribution in [1.29, 1.82) is 0 Å². The van der Waals surface area contributed by atoms with Crippen LogP contribution in [0.3, 0.4) is 0 Å². The number of carbonyl (C=O) groups is 1. The van der Waals surface area contributed by atoms with Crippen molar-refractivity contribution in [3.05, 3.63) is 0 Å². The van der Waals surface area contributed by atoms with Crippen LogP contribution in [0.5, 0.6) is 0 Å². The summed E-state index contributed by atoms with van der Waals surface area (Å²) in [5, 5.41) is 12.3. The van der Waals surface area contributed by atoms with Gasteiger partial charge in [0.1, 0.15) is 6.10 Å². The predicted molar refractivity (Wildman–Crippen MR) is 94.6 cm³/mol. The Morgan fingerprint density at radius 1 is 1.18 bits per heavy atom. The van der Waals surface area contributed by atoms with E-state index in [-0.39, 0.29) is 6.61 Å². The largest absolute Gasteiger partial charge is 0.383 e. The van der Waals surface area contributed by atoms with Crippen molar-refractivity contribution >= 4 is 14.5 Å². The van der Waals surface area contributed by atoms with E-state index in [4.69, 9.17) is 9.42 Å².